The Labute approximate surface area is 458 Å². The van der Waals surface area contributed by atoms with Gasteiger partial charge in [0, 0.05) is 19.3 Å². The summed E-state index contributed by atoms with van der Waals surface area (Å²) in [7, 11) is 0. The van der Waals surface area contributed by atoms with Crippen LogP contribution in [0.15, 0.2) is 85.1 Å². The Bertz CT molecular complexity index is 1420. The monoisotopic (exact) mass is 1030 g/mol. The molecule has 0 heterocycles. The topological polar surface area (TPSA) is 78.9 Å². The Kier molecular flexibility index (Phi) is 59.3. The van der Waals surface area contributed by atoms with Crippen LogP contribution in [0.1, 0.15) is 310 Å². The summed E-state index contributed by atoms with van der Waals surface area (Å²) in [6.07, 6.45) is 81.5. The van der Waals surface area contributed by atoms with Crippen LogP contribution >= 0.6 is 0 Å². The van der Waals surface area contributed by atoms with E-state index in [4.69, 9.17) is 14.2 Å². The molecule has 0 amide bonds. The molecule has 0 saturated carbocycles. The molecule has 1 atom stereocenters. The number of allylic oxidation sites excluding steroid dienone is 14. The number of carbonyl (C=O) groups excluding carboxylic acids is 3. The summed E-state index contributed by atoms with van der Waals surface area (Å²) >= 11 is 0. The lowest BCUT2D eigenvalue weighted by Gasteiger charge is -2.18. The first-order valence-corrected chi connectivity index (χ1v) is 31.6. The maximum Gasteiger partial charge on any atom is 0.306 e. The van der Waals surface area contributed by atoms with Gasteiger partial charge in [0.05, 0.1) is 0 Å². The molecule has 74 heavy (non-hydrogen) atoms. The van der Waals surface area contributed by atoms with E-state index in [1.807, 2.05) is 0 Å². The lowest BCUT2D eigenvalue weighted by Crippen LogP contribution is -2.30. The van der Waals surface area contributed by atoms with Crippen molar-refractivity contribution in [2.45, 2.75) is 316 Å². The zero-order valence-corrected chi connectivity index (χ0v) is 48.8. The first kappa shape index (κ1) is 70.6. The van der Waals surface area contributed by atoms with E-state index in [1.165, 1.54) is 173 Å². The lowest BCUT2D eigenvalue weighted by molar-refractivity contribution is -0.167. The fourth-order valence-corrected chi connectivity index (χ4v) is 8.87. The Morgan fingerprint density at radius 3 is 0.851 bits per heavy atom. The second kappa shape index (κ2) is 62.1. The van der Waals surface area contributed by atoms with Crippen LogP contribution in [-0.2, 0) is 28.6 Å². The average molecular weight is 1030 g/mol. The van der Waals surface area contributed by atoms with E-state index in [1.54, 1.807) is 0 Å². The van der Waals surface area contributed by atoms with Crippen molar-refractivity contribution in [1.29, 1.82) is 0 Å². The number of rotatable bonds is 57. The summed E-state index contributed by atoms with van der Waals surface area (Å²) in [5.41, 5.74) is 0. The molecule has 0 aliphatic rings. The van der Waals surface area contributed by atoms with Gasteiger partial charge in [-0.05, 0) is 116 Å². The maximum absolute atomic E-state index is 12.9. The summed E-state index contributed by atoms with van der Waals surface area (Å²) < 4.78 is 16.9. The lowest BCUT2D eigenvalue weighted by atomic mass is 10.1. The molecule has 0 aliphatic heterocycles. The highest BCUT2D eigenvalue weighted by Gasteiger charge is 2.19. The number of carbonyl (C=O) groups is 3. The van der Waals surface area contributed by atoms with Crippen molar-refractivity contribution in [3.63, 3.8) is 0 Å². The van der Waals surface area contributed by atoms with Crippen molar-refractivity contribution in [2.75, 3.05) is 13.2 Å². The van der Waals surface area contributed by atoms with Crippen LogP contribution in [0.3, 0.4) is 0 Å². The molecular formula is C68H118O6. The number of unbranched alkanes of at least 4 members (excludes halogenated alkanes) is 32. The second-order valence-corrected chi connectivity index (χ2v) is 20.9. The highest BCUT2D eigenvalue weighted by molar-refractivity contribution is 5.71. The van der Waals surface area contributed by atoms with Gasteiger partial charge in [-0.15, -0.1) is 0 Å². The molecule has 0 aromatic carbocycles. The number of hydrogen-bond donors (Lipinski definition) is 0. The van der Waals surface area contributed by atoms with Crippen LogP contribution in [0.25, 0.3) is 0 Å². The van der Waals surface area contributed by atoms with E-state index in [2.05, 4.69) is 106 Å². The van der Waals surface area contributed by atoms with E-state index < -0.39 is 6.10 Å². The third-order valence-electron chi connectivity index (χ3n) is 13.6. The van der Waals surface area contributed by atoms with Crippen molar-refractivity contribution in [3.05, 3.63) is 85.1 Å². The maximum atomic E-state index is 12.9. The van der Waals surface area contributed by atoms with Gasteiger partial charge in [-0.25, -0.2) is 0 Å². The normalized spacial score (nSPS) is 12.6. The van der Waals surface area contributed by atoms with Gasteiger partial charge >= 0.3 is 17.9 Å². The number of ether oxygens (including phenoxy) is 3. The van der Waals surface area contributed by atoms with Crippen LogP contribution in [0.2, 0.25) is 0 Å². The Balaban J connectivity index is 4.44. The molecular weight excluding hydrogens is 913 g/mol. The molecule has 0 fully saturated rings. The molecule has 0 rings (SSSR count). The van der Waals surface area contributed by atoms with Gasteiger partial charge in [-0.3, -0.25) is 14.4 Å². The highest BCUT2D eigenvalue weighted by Crippen LogP contribution is 2.16. The van der Waals surface area contributed by atoms with E-state index in [0.29, 0.717) is 19.3 Å². The molecule has 0 aliphatic carbocycles. The van der Waals surface area contributed by atoms with Gasteiger partial charge < -0.3 is 14.2 Å². The predicted molar refractivity (Wildman–Crippen MR) is 321 cm³/mol. The van der Waals surface area contributed by atoms with E-state index in [0.717, 1.165) is 96.3 Å². The Morgan fingerprint density at radius 1 is 0.284 bits per heavy atom. The summed E-state index contributed by atoms with van der Waals surface area (Å²) in [5.74, 6) is -0.917. The largest absolute Gasteiger partial charge is 0.462 e. The van der Waals surface area contributed by atoms with Crippen molar-refractivity contribution >= 4 is 17.9 Å². The average Bonchev–Trinajstić information content (AvgIpc) is 3.40. The Morgan fingerprint density at radius 2 is 0.527 bits per heavy atom. The van der Waals surface area contributed by atoms with Gasteiger partial charge in [-0.1, -0.05) is 260 Å². The first-order valence-electron chi connectivity index (χ1n) is 31.6. The fraction of sp³-hybridized carbons (Fsp3) is 0.750. The first-order chi connectivity index (χ1) is 36.5. The SMILES string of the molecule is CC/C=C\C/C=C\C/C=C\C/C=C\C/C=C\CCCCCC(=O)OCC(COC(=O)CCCCCCCCC/C=C\CCCCCCCCC)OC(=O)CCCCCCCCCCC/C=C\CCCCCCCC. The molecule has 0 spiro atoms. The van der Waals surface area contributed by atoms with Crippen LogP contribution in [0.5, 0.6) is 0 Å². The number of esters is 3. The molecule has 0 radical (unpaired) electrons. The van der Waals surface area contributed by atoms with Crippen LogP contribution in [-0.4, -0.2) is 37.2 Å². The van der Waals surface area contributed by atoms with Crippen LogP contribution < -0.4 is 0 Å². The summed E-state index contributed by atoms with van der Waals surface area (Å²) in [6, 6.07) is 0. The van der Waals surface area contributed by atoms with Gasteiger partial charge in [0.2, 0.25) is 0 Å². The van der Waals surface area contributed by atoms with E-state index in [-0.39, 0.29) is 31.1 Å². The van der Waals surface area contributed by atoms with Crippen molar-refractivity contribution in [1.82, 2.24) is 0 Å². The van der Waals surface area contributed by atoms with Crippen LogP contribution in [0, 0.1) is 0 Å². The standard InChI is InChI=1S/C68H118O6/c1-4-7-10-13-16-19-22-25-28-31-34-37-40-43-46-49-52-55-58-61-67(70)73-64-65(63-72-66(69)60-57-54-51-48-45-42-39-36-33-30-27-24-21-18-15-12-9-6-3)74-68(71)62-59-56-53-50-47-44-41-38-35-32-29-26-23-20-17-14-11-8-5-2/h7,10,16,19,25-26,28-30,33-34,37,43,46,65H,4-6,8-9,11-15,17-18,20-24,27,31-32,35-36,38-42,44-45,47-64H2,1-3H3/b10-7-,19-16-,28-25-,29-26-,33-30-,37-34-,46-43-. The van der Waals surface area contributed by atoms with Gasteiger partial charge in [0.15, 0.2) is 6.10 Å². The third-order valence-corrected chi connectivity index (χ3v) is 13.6. The predicted octanol–water partition coefficient (Wildman–Crippen LogP) is 21.5. The van der Waals surface area contributed by atoms with E-state index >= 15 is 0 Å². The quantitative estimate of drug-likeness (QED) is 0.0261. The van der Waals surface area contributed by atoms with Crippen molar-refractivity contribution in [3.8, 4) is 0 Å². The van der Waals surface area contributed by atoms with Crippen molar-refractivity contribution in [2.24, 2.45) is 0 Å². The summed E-state index contributed by atoms with van der Waals surface area (Å²) in [4.78, 5) is 38.3. The molecule has 0 N–H and O–H groups in total. The molecule has 6 nitrogen and oxygen atoms in total. The van der Waals surface area contributed by atoms with Gasteiger partial charge in [-0.2, -0.15) is 0 Å². The molecule has 0 aromatic heterocycles. The minimum absolute atomic E-state index is 0.0892. The zero-order valence-electron chi connectivity index (χ0n) is 48.8. The molecule has 0 bridgehead atoms. The molecule has 0 saturated heterocycles. The second-order valence-electron chi connectivity index (χ2n) is 20.9. The number of hydrogen-bond acceptors (Lipinski definition) is 6. The minimum atomic E-state index is -0.795. The third kappa shape index (κ3) is 59.5. The summed E-state index contributed by atoms with van der Waals surface area (Å²) in [6.45, 7) is 6.52. The molecule has 426 valence electrons. The smallest absolute Gasteiger partial charge is 0.306 e. The Hall–Kier alpha value is -3.41. The zero-order chi connectivity index (χ0) is 53.6. The molecule has 6 heteroatoms. The molecule has 0 aromatic rings. The minimum Gasteiger partial charge on any atom is -0.462 e. The van der Waals surface area contributed by atoms with E-state index in [9.17, 15) is 14.4 Å². The fourth-order valence-electron chi connectivity index (χ4n) is 8.87. The van der Waals surface area contributed by atoms with Crippen LogP contribution in [0.4, 0.5) is 0 Å². The van der Waals surface area contributed by atoms with Crippen molar-refractivity contribution < 1.29 is 28.6 Å². The summed E-state index contributed by atoms with van der Waals surface area (Å²) in [5, 5.41) is 0. The molecule has 1 unspecified atom stereocenters. The van der Waals surface area contributed by atoms with Gasteiger partial charge in [0.25, 0.3) is 0 Å². The van der Waals surface area contributed by atoms with Gasteiger partial charge in [0.1, 0.15) is 13.2 Å². The highest BCUT2D eigenvalue weighted by atomic mass is 16.6.